The predicted molar refractivity (Wildman–Crippen MR) is 54.3 cm³/mol. The Balaban J connectivity index is 2.96. The van der Waals surface area contributed by atoms with Crippen LogP contribution < -0.4 is 5.32 Å². The van der Waals surface area contributed by atoms with Gasteiger partial charge in [0.25, 0.3) is 0 Å². The molecule has 82 valence electrons. The normalized spacial score (nSPS) is 14.5. The first-order valence-corrected chi connectivity index (χ1v) is 4.61. The molecule has 0 saturated carbocycles. The summed E-state index contributed by atoms with van der Waals surface area (Å²) in [6.07, 6.45) is 3.08. The maximum Gasteiger partial charge on any atom is 0.328 e. The van der Waals surface area contributed by atoms with Crippen molar-refractivity contribution >= 4 is 5.97 Å². The smallest absolute Gasteiger partial charge is 0.328 e. The molecule has 0 amide bonds. The van der Waals surface area contributed by atoms with Gasteiger partial charge in [0.2, 0.25) is 0 Å². The summed E-state index contributed by atoms with van der Waals surface area (Å²) in [5.41, 5.74) is -0.579. The summed E-state index contributed by atoms with van der Waals surface area (Å²) in [5, 5.41) is 20.6. The lowest BCUT2D eigenvalue weighted by molar-refractivity contribution is -0.144. The second-order valence-corrected chi connectivity index (χ2v) is 3.32. The molecule has 0 bridgehead atoms. The highest BCUT2D eigenvalue weighted by Gasteiger charge is 2.34. The number of aromatic nitrogens is 1. The van der Waals surface area contributed by atoms with E-state index in [-0.39, 0.29) is 13.2 Å². The molecule has 0 fully saturated rings. The van der Waals surface area contributed by atoms with Gasteiger partial charge in [-0.2, -0.15) is 0 Å². The molecule has 1 rings (SSSR count). The first kappa shape index (κ1) is 11.6. The molecular weight excluding hydrogens is 196 g/mol. The lowest BCUT2D eigenvalue weighted by Gasteiger charge is -2.26. The number of carboxylic acid groups (broad SMARTS) is 1. The molecule has 5 nitrogen and oxygen atoms in total. The molecule has 0 radical (unpaired) electrons. The van der Waals surface area contributed by atoms with Gasteiger partial charge < -0.3 is 10.2 Å². The zero-order chi connectivity index (χ0) is 11.3. The predicted octanol–water partition coefficient (Wildman–Crippen LogP) is -0.0367. The van der Waals surface area contributed by atoms with Crippen LogP contribution in [0.2, 0.25) is 0 Å². The van der Waals surface area contributed by atoms with Crippen molar-refractivity contribution in [1.29, 1.82) is 0 Å². The first-order chi connectivity index (χ1) is 7.11. The highest BCUT2D eigenvalue weighted by atomic mass is 16.4. The number of carbonyl (C=O) groups is 1. The zero-order valence-corrected chi connectivity index (χ0v) is 8.47. The van der Waals surface area contributed by atoms with Gasteiger partial charge in [0.05, 0.1) is 6.61 Å². The summed E-state index contributed by atoms with van der Waals surface area (Å²) in [6.45, 7) is 1.68. The van der Waals surface area contributed by atoms with Crippen molar-refractivity contribution in [3.63, 3.8) is 0 Å². The molecule has 1 unspecified atom stereocenters. The lowest BCUT2D eigenvalue weighted by Crippen LogP contribution is -2.47. The number of nitrogens with one attached hydrogen (secondary N) is 1. The summed E-state index contributed by atoms with van der Waals surface area (Å²) in [4.78, 5) is 15.0. The maximum absolute atomic E-state index is 11.2. The van der Waals surface area contributed by atoms with Crippen molar-refractivity contribution in [2.75, 3.05) is 13.2 Å². The number of aliphatic hydroxyl groups excluding tert-OH is 1. The molecule has 0 saturated heterocycles. The fourth-order valence-electron chi connectivity index (χ4n) is 1.29. The van der Waals surface area contributed by atoms with Gasteiger partial charge in [-0.1, -0.05) is 0 Å². The molecular formula is C10H14N2O3. The zero-order valence-electron chi connectivity index (χ0n) is 8.47. The van der Waals surface area contributed by atoms with E-state index in [0.29, 0.717) is 5.56 Å². The van der Waals surface area contributed by atoms with E-state index < -0.39 is 11.5 Å². The Morgan fingerprint density at radius 1 is 1.53 bits per heavy atom. The lowest BCUT2D eigenvalue weighted by atomic mass is 9.93. The molecule has 15 heavy (non-hydrogen) atoms. The minimum Gasteiger partial charge on any atom is -0.480 e. The van der Waals surface area contributed by atoms with E-state index in [1.807, 2.05) is 0 Å². The van der Waals surface area contributed by atoms with Crippen LogP contribution in [0.3, 0.4) is 0 Å². The van der Waals surface area contributed by atoms with E-state index in [2.05, 4.69) is 10.3 Å². The minimum absolute atomic E-state index is 0.103. The molecule has 0 aliphatic heterocycles. The van der Waals surface area contributed by atoms with E-state index in [1.165, 1.54) is 12.4 Å². The molecule has 1 atom stereocenters. The monoisotopic (exact) mass is 210 g/mol. The summed E-state index contributed by atoms with van der Waals surface area (Å²) >= 11 is 0. The van der Waals surface area contributed by atoms with Gasteiger partial charge in [0.1, 0.15) is 5.54 Å². The maximum atomic E-state index is 11.2. The van der Waals surface area contributed by atoms with Gasteiger partial charge in [-0.15, -0.1) is 0 Å². The Morgan fingerprint density at radius 3 is 2.60 bits per heavy atom. The van der Waals surface area contributed by atoms with Gasteiger partial charge in [-0.25, -0.2) is 4.79 Å². The number of aliphatic hydroxyl groups is 1. The van der Waals surface area contributed by atoms with Crippen molar-refractivity contribution in [1.82, 2.24) is 10.3 Å². The van der Waals surface area contributed by atoms with Crippen LogP contribution in [0, 0.1) is 0 Å². The van der Waals surface area contributed by atoms with E-state index in [4.69, 9.17) is 10.2 Å². The standard InChI is InChI=1S/C10H14N2O3/c1-10(9(14)15,12-6-7-13)8-2-4-11-5-3-8/h2-5,12-13H,6-7H2,1H3,(H,14,15). The van der Waals surface area contributed by atoms with Crippen molar-refractivity contribution in [2.24, 2.45) is 0 Å². The minimum atomic E-state index is -1.19. The third-order valence-electron chi connectivity index (χ3n) is 2.28. The van der Waals surface area contributed by atoms with E-state index in [9.17, 15) is 4.79 Å². The summed E-state index contributed by atoms with van der Waals surface area (Å²) in [6, 6.07) is 3.27. The van der Waals surface area contributed by atoms with Crippen LogP contribution in [0.25, 0.3) is 0 Å². The van der Waals surface area contributed by atoms with Gasteiger partial charge >= 0.3 is 5.97 Å². The van der Waals surface area contributed by atoms with Crippen LogP contribution >= 0.6 is 0 Å². The number of rotatable bonds is 5. The Bertz CT molecular complexity index is 329. The average molecular weight is 210 g/mol. The highest BCUT2D eigenvalue weighted by Crippen LogP contribution is 2.19. The number of nitrogens with zero attached hydrogens (tertiary/aromatic N) is 1. The molecule has 5 heteroatoms. The molecule has 1 aromatic heterocycles. The van der Waals surface area contributed by atoms with Crippen molar-refractivity contribution < 1.29 is 15.0 Å². The van der Waals surface area contributed by atoms with Crippen LogP contribution in [0.1, 0.15) is 12.5 Å². The van der Waals surface area contributed by atoms with Gasteiger partial charge in [-0.3, -0.25) is 10.3 Å². The quantitative estimate of drug-likeness (QED) is 0.635. The molecule has 1 heterocycles. The number of aliphatic carboxylic acids is 1. The van der Waals surface area contributed by atoms with E-state index in [0.717, 1.165) is 0 Å². The fourth-order valence-corrected chi connectivity index (χ4v) is 1.29. The van der Waals surface area contributed by atoms with E-state index >= 15 is 0 Å². The highest BCUT2D eigenvalue weighted by molar-refractivity contribution is 5.80. The molecule has 3 N–H and O–H groups in total. The number of pyridine rings is 1. The Labute approximate surface area is 87.8 Å². The topological polar surface area (TPSA) is 82.5 Å². The third-order valence-corrected chi connectivity index (χ3v) is 2.28. The molecule has 0 aromatic carbocycles. The molecule has 0 aliphatic carbocycles. The van der Waals surface area contributed by atoms with Crippen LogP contribution in [-0.2, 0) is 10.3 Å². The average Bonchev–Trinajstić information content (AvgIpc) is 2.27. The fraction of sp³-hybridized carbons (Fsp3) is 0.400. The SMILES string of the molecule is CC(NCCO)(C(=O)O)c1ccncc1. The third kappa shape index (κ3) is 2.51. The summed E-state index contributed by atoms with van der Waals surface area (Å²) in [7, 11) is 0. The Morgan fingerprint density at radius 2 is 2.13 bits per heavy atom. The van der Waals surface area contributed by atoms with Crippen molar-refractivity contribution in [3.05, 3.63) is 30.1 Å². The second kappa shape index (κ2) is 4.86. The van der Waals surface area contributed by atoms with Crippen LogP contribution in [0.15, 0.2) is 24.5 Å². The van der Waals surface area contributed by atoms with Crippen molar-refractivity contribution in [3.8, 4) is 0 Å². The van der Waals surface area contributed by atoms with Crippen LogP contribution in [0.4, 0.5) is 0 Å². The van der Waals surface area contributed by atoms with Gasteiger partial charge in [0, 0.05) is 18.9 Å². The summed E-state index contributed by atoms with van der Waals surface area (Å²) < 4.78 is 0. The molecule has 0 aliphatic rings. The van der Waals surface area contributed by atoms with Gasteiger partial charge in [0.15, 0.2) is 0 Å². The van der Waals surface area contributed by atoms with Crippen LogP contribution in [0.5, 0.6) is 0 Å². The first-order valence-electron chi connectivity index (χ1n) is 4.61. The van der Waals surface area contributed by atoms with Crippen molar-refractivity contribution in [2.45, 2.75) is 12.5 Å². The number of hydrogen-bond donors (Lipinski definition) is 3. The Hall–Kier alpha value is -1.46. The number of hydrogen-bond acceptors (Lipinski definition) is 4. The van der Waals surface area contributed by atoms with Crippen LogP contribution in [-0.4, -0.2) is 34.3 Å². The largest absolute Gasteiger partial charge is 0.480 e. The summed E-state index contributed by atoms with van der Waals surface area (Å²) in [5.74, 6) is -0.984. The molecule has 1 aromatic rings. The molecule has 0 spiro atoms. The number of carboxylic acids is 1. The van der Waals surface area contributed by atoms with E-state index in [1.54, 1.807) is 19.1 Å². The second-order valence-electron chi connectivity index (χ2n) is 3.32. The van der Waals surface area contributed by atoms with Gasteiger partial charge in [-0.05, 0) is 24.6 Å². The Kier molecular flexibility index (Phi) is 3.76.